The zero-order valence-corrected chi connectivity index (χ0v) is 33.9. The molecule has 7 rings (SSSR count). The predicted molar refractivity (Wildman–Crippen MR) is 243 cm³/mol. The van der Waals surface area contributed by atoms with E-state index in [4.69, 9.17) is 5.73 Å². The minimum Gasteiger partial charge on any atom is -0.398 e. The molecule has 1 aliphatic heterocycles. The quantitative estimate of drug-likeness (QED) is 0.102. The summed E-state index contributed by atoms with van der Waals surface area (Å²) < 4.78 is 0. The molecule has 284 valence electrons. The molecule has 0 spiro atoms. The number of rotatable bonds is 9. The van der Waals surface area contributed by atoms with Crippen LogP contribution < -0.4 is 11.1 Å². The van der Waals surface area contributed by atoms with E-state index >= 15 is 0 Å². The van der Waals surface area contributed by atoms with Crippen LogP contribution in [0, 0.1) is 29.6 Å². The lowest BCUT2D eigenvalue weighted by Crippen LogP contribution is -2.30. The molecular weight excluding hydrogens is 677 g/mol. The molecule has 0 amide bonds. The number of hydrogen-bond donors (Lipinski definition) is 2. The van der Waals surface area contributed by atoms with Gasteiger partial charge in [0, 0.05) is 23.4 Å². The summed E-state index contributed by atoms with van der Waals surface area (Å²) in [7, 11) is 0. The van der Waals surface area contributed by atoms with Crippen LogP contribution in [0.1, 0.15) is 77.3 Å². The van der Waals surface area contributed by atoms with Crippen molar-refractivity contribution in [1.82, 2.24) is 5.32 Å². The second kappa shape index (κ2) is 19.7. The first kappa shape index (κ1) is 39.9. The Balaban J connectivity index is 0.00000262. The molecule has 4 aromatic carbocycles. The molecule has 0 fully saturated rings. The molecule has 0 radical (unpaired) electrons. The Bertz CT molecular complexity index is 2200. The highest BCUT2D eigenvalue weighted by Crippen LogP contribution is 2.40. The maximum atomic E-state index is 6.91. The summed E-state index contributed by atoms with van der Waals surface area (Å²) in [6.07, 6.45) is 27.1. The molecule has 4 aromatic rings. The summed E-state index contributed by atoms with van der Waals surface area (Å²) in [6.45, 7) is 10.4. The van der Waals surface area contributed by atoms with Gasteiger partial charge in [-0.25, -0.2) is 0 Å². The Hall–Kier alpha value is -5.78. The van der Waals surface area contributed by atoms with Crippen LogP contribution in [0.4, 0.5) is 5.69 Å². The summed E-state index contributed by atoms with van der Waals surface area (Å²) >= 11 is 0. The Morgan fingerprint density at radius 2 is 1.46 bits per heavy atom. The molecule has 0 bridgehead atoms. The molecule has 2 nitrogen and oxygen atoms in total. The number of nitrogen functional groups attached to an aromatic ring is 1. The van der Waals surface area contributed by atoms with Crippen molar-refractivity contribution in [2.24, 2.45) is 17.8 Å². The van der Waals surface area contributed by atoms with E-state index in [1.807, 2.05) is 20.8 Å². The van der Waals surface area contributed by atoms with E-state index in [0.717, 1.165) is 30.5 Å². The van der Waals surface area contributed by atoms with E-state index < -0.39 is 0 Å². The number of hydrogen-bond acceptors (Lipinski definition) is 2. The van der Waals surface area contributed by atoms with E-state index in [2.05, 4.69) is 195 Å². The van der Waals surface area contributed by atoms with Crippen molar-refractivity contribution in [3.63, 3.8) is 0 Å². The lowest BCUT2D eigenvalue weighted by molar-refractivity contribution is 0.431. The van der Waals surface area contributed by atoms with Crippen molar-refractivity contribution in [3.05, 3.63) is 192 Å². The zero-order valence-electron chi connectivity index (χ0n) is 33.9. The average molecular weight is 735 g/mol. The normalized spacial score (nSPS) is 21.9. The van der Waals surface area contributed by atoms with Gasteiger partial charge in [-0.2, -0.15) is 0 Å². The first-order valence-electron chi connectivity index (χ1n) is 20.6. The lowest BCUT2D eigenvalue weighted by atomic mass is 9.77. The van der Waals surface area contributed by atoms with Crippen molar-refractivity contribution < 1.29 is 0 Å². The van der Waals surface area contributed by atoms with Crippen molar-refractivity contribution >= 4 is 11.3 Å². The first-order chi connectivity index (χ1) is 27.5. The van der Waals surface area contributed by atoms with Crippen LogP contribution in [0.15, 0.2) is 181 Å². The molecule has 3 aliphatic rings. The van der Waals surface area contributed by atoms with Crippen LogP contribution in [0.2, 0.25) is 0 Å². The van der Waals surface area contributed by atoms with E-state index in [9.17, 15) is 0 Å². The van der Waals surface area contributed by atoms with Crippen molar-refractivity contribution in [2.75, 3.05) is 5.73 Å². The van der Waals surface area contributed by atoms with Gasteiger partial charge < -0.3 is 11.1 Å². The zero-order chi connectivity index (χ0) is 39.3. The van der Waals surface area contributed by atoms with Crippen LogP contribution in [-0.2, 0) is 0 Å². The van der Waals surface area contributed by atoms with Gasteiger partial charge in [0.1, 0.15) is 0 Å². The molecule has 56 heavy (non-hydrogen) atoms. The smallest absolute Gasteiger partial charge is 0.0635 e. The third kappa shape index (κ3) is 9.71. The summed E-state index contributed by atoms with van der Waals surface area (Å²) in [4.78, 5) is 0. The SMILES string of the molecule is CC.CC#CC1C=CC=C/C1=C/C(=C\C)C1CCC(/C(=C/[C@H](C)C2C=CC(c3ccccc3)CC2)c2cc(-c3ccc(-c4ccccc4)cc3)ccc2N)=CN1. The summed E-state index contributed by atoms with van der Waals surface area (Å²) in [5.41, 5.74) is 20.1. The minimum atomic E-state index is 0.127. The first-order valence-corrected chi connectivity index (χ1v) is 20.6. The molecule has 5 atom stereocenters. The third-order valence-corrected chi connectivity index (χ3v) is 11.3. The van der Waals surface area contributed by atoms with Crippen LogP contribution in [0.25, 0.3) is 27.8 Å². The lowest BCUT2D eigenvalue weighted by Gasteiger charge is -2.30. The van der Waals surface area contributed by atoms with Gasteiger partial charge in [-0.1, -0.05) is 172 Å². The number of allylic oxidation sites excluding steroid dienone is 11. The van der Waals surface area contributed by atoms with Gasteiger partial charge >= 0.3 is 0 Å². The molecule has 4 unspecified atom stereocenters. The molecule has 1 heterocycles. The molecule has 2 heteroatoms. The van der Waals surface area contributed by atoms with E-state index in [1.54, 1.807) is 0 Å². The van der Waals surface area contributed by atoms with Crippen molar-refractivity contribution in [3.8, 4) is 34.1 Å². The highest BCUT2D eigenvalue weighted by Gasteiger charge is 2.25. The highest BCUT2D eigenvalue weighted by molar-refractivity contribution is 5.88. The second-order valence-electron chi connectivity index (χ2n) is 14.8. The molecule has 2 aliphatic carbocycles. The number of benzene rings is 4. The number of nitrogens with two attached hydrogens (primary N) is 1. The molecule has 3 N–H and O–H groups in total. The van der Waals surface area contributed by atoms with Gasteiger partial charge in [-0.3, -0.25) is 0 Å². The fraction of sp³-hybridized carbons (Fsp3) is 0.259. The topological polar surface area (TPSA) is 38.0 Å². The molecule has 0 aromatic heterocycles. The maximum absolute atomic E-state index is 6.91. The number of nitrogens with one attached hydrogen (secondary N) is 1. The van der Waals surface area contributed by atoms with E-state index in [0.29, 0.717) is 17.8 Å². The summed E-state index contributed by atoms with van der Waals surface area (Å²) in [5, 5.41) is 3.82. The predicted octanol–water partition coefficient (Wildman–Crippen LogP) is 13.7. The molecule has 0 saturated heterocycles. The Morgan fingerprint density at radius 3 is 2.11 bits per heavy atom. The fourth-order valence-electron chi connectivity index (χ4n) is 8.16. The van der Waals surface area contributed by atoms with Gasteiger partial charge in [0.05, 0.1) is 12.0 Å². The standard InChI is InChI=1S/C52H52N2.C2H6/c1-4-14-40-19-12-13-20-46(40)34-38(5-2)52-32-30-48(36-54-52)49(33-37(3)39-21-23-43(24-22-39)41-15-8-6-9-16-41)50-35-47(29-31-51(50)53)45-27-25-44(26-28-45)42-17-10-7-11-18-42;1-2/h5-13,15-21,23,25-29,31,33-37,39-40,43,52,54H,22,24,30,32,53H2,1-3H3;1-2H3/b38-5+,46-34-,49-33-;/t37-,39?,40?,43?,52?;/m0./s1. The Kier molecular flexibility index (Phi) is 14.0. The van der Waals surface area contributed by atoms with E-state index in [-0.39, 0.29) is 12.0 Å². The van der Waals surface area contributed by atoms with Crippen LogP contribution in [0.5, 0.6) is 0 Å². The third-order valence-electron chi connectivity index (χ3n) is 11.3. The minimum absolute atomic E-state index is 0.127. The molecular formula is C54H58N2. The van der Waals surface area contributed by atoms with Gasteiger partial charge in [0.15, 0.2) is 0 Å². The molecule has 0 saturated carbocycles. The van der Waals surface area contributed by atoms with E-state index in [1.165, 1.54) is 56.5 Å². The van der Waals surface area contributed by atoms with Crippen LogP contribution >= 0.6 is 0 Å². The Morgan fingerprint density at radius 1 is 0.786 bits per heavy atom. The highest BCUT2D eigenvalue weighted by atomic mass is 14.9. The van der Waals surface area contributed by atoms with Crippen LogP contribution in [-0.4, -0.2) is 6.04 Å². The van der Waals surface area contributed by atoms with Gasteiger partial charge in [-0.15, -0.1) is 5.92 Å². The summed E-state index contributed by atoms with van der Waals surface area (Å²) in [5.74, 6) is 7.89. The van der Waals surface area contributed by atoms with Crippen molar-refractivity contribution in [2.45, 2.75) is 72.3 Å². The fourth-order valence-corrected chi connectivity index (χ4v) is 8.16. The van der Waals surface area contributed by atoms with Gasteiger partial charge in [0.2, 0.25) is 0 Å². The number of anilines is 1. The Labute approximate surface area is 337 Å². The van der Waals surface area contributed by atoms with Gasteiger partial charge in [0.25, 0.3) is 0 Å². The largest absolute Gasteiger partial charge is 0.398 e. The van der Waals surface area contributed by atoms with Gasteiger partial charge in [-0.05, 0) is 114 Å². The van der Waals surface area contributed by atoms with Crippen LogP contribution in [0.3, 0.4) is 0 Å². The second-order valence-corrected chi connectivity index (χ2v) is 14.8. The monoisotopic (exact) mass is 734 g/mol. The average Bonchev–Trinajstić information content (AvgIpc) is 3.27. The summed E-state index contributed by atoms with van der Waals surface area (Å²) in [6, 6.07) is 37.1. The maximum Gasteiger partial charge on any atom is 0.0635 e. The van der Waals surface area contributed by atoms with Crippen molar-refractivity contribution in [1.29, 1.82) is 0 Å².